The highest BCUT2D eigenvalue weighted by Crippen LogP contribution is 2.35. The highest BCUT2D eigenvalue weighted by atomic mass is 32.2. The normalized spacial score (nSPS) is 17.2. The number of aryl methyl sites for hydroxylation is 2. The van der Waals surface area contributed by atoms with E-state index < -0.39 is 11.2 Å². The zero-order valence-corrected chi connectivity index (χ0v) is 14.5. The first-order valence-electron chi connectivity index (χ1n) is 7.67. The highest BCUT2D eigenvalue weighted by Gasteiger charge is 2.41. The van der Waals surface area contributed by atoms with E-state index in [2.05, 4.69) is 4.98 Å². The number of thioether (sulfide) groups is 1. The van der Waals surface area contributed by atoms with Gasteiger partial charge in [-0.1, -0.05) is 29.5 Å². The van der Waals surface area contributed by atoms with Crippen LogP contribution in [0.5, 0.6) is 0 Å². The SMILES string of the molecule is Cc1ccc(N2C(=O)C[C@@H](Sc3ncccc3C(=O)O)C2=O)c(C)c1. The Hall–Kier alpha value is -2.67. The van der Waals surface area contributed by atoms with E-state index >= 15 is 0 Å². The maximum Gasteiger partial charge on any atom is 0.338 e. The smallest absolute Gasteiger partial charge is 0.338 e. The number of pyridine rings is 1. The van der Waals surface area contributed by atoms with E-state index in [1.54, 1.807) is 6.07 Å². The number of nitrogens with zero attached hydrogens (tertiary/aromatic N) is 2. The molecule has 0 saturated carbocycles. The third kappa shape index (κ3) is 3.28. The summed E-state index contributed by atoms with van der Waals surface area (Å²) in [6.07, 6.45) is 1.49. The van der Waals surface area contributed by atoms with Gasteiger partial charge in [0, 0.05) is 12.6 Å². The Morgan fingerprint density at radius 1 is 1.28 bits per heavy atom. The van der Waals surface area contributed by atoms with Crippen LogP contribution >= 0.6 is 11.8 Å². The third-order valence-electron chi connectivity index (χ3n) is 3.95. The van der Waals surface area contributed by atoms with Crippen LogP contribution in [-0.4, -0.2) is 33.1 Å². The molecule has 128 valence electrons. The van der Waals surface area contributed by atoms with E-state index in [9.17, 15) is 19.5 Å². The maximum atomic E-state index is 12.7. The quantitative estimate of drug-likeness (QED) is 0.848. The number of carboxylic acids is 1. The molecule has 0 bridgehead atoms. The summed E-state index contributed by atoms with van der Waals surface area (Å²) in [6.45, 7) is 3.79. The standard InChI is InChI=1S/C18H16N2O4S/c1-10-5-6-13(11(2)8-10)20-15(21)9-14(17(20)22)25-16-12(18(23)24)4-3-7-19-16/h3-8,14H,9H2,1-2H3,(H,23,24)/t14-/m1/s1. The van der Waals surface area contributed by atoms with Crippen LogP contribution in [0.25, 0.3) is 0 Å². The molecule has 0 unspecified atom stereocenters. The fourth-order valence-electron chi connectivity index (χ4n) is 2.79. The van der Waals surface area contributed by atoms with Crippen LogP contribution in [0.2, 0.25) is 0 Å². The number of benzene rings is 1. The zero-order chi connectivity index (χ0) is 18.1. The second-order valence-electron chi connectivity index (χ2n) is 5.83. The van der Waals surface area contributed by atoms with E-state index in [4.69, 9.17) is 0 Å². The van der Waals surface area contributed by atoms with Crippen molar-refractivity contribution in [2.24, 2.45) is 0 Å². The number of amides is 2. The van der Waals surface area contributed by atoms with Gasteiger partial charge in [-0.2, -0.15) is 0 Å². The van der Waals surface area contributed by atoms with Crippen LogP contribution in [0.4, 0.5) is 5.69 Å². The van der Waals surface area contributed by atoms with Crippen molar-refractivity contribution in [2.75, 3.05) is 4.90 Å². The Balaban J connectivity index is 1.88. The van der Waals surface area contributed by atoms with Gasteiger partial charge >= 0.3 is 5.97 Å². The van der Waals surface area contributed by atoms with Gasteiger partial charge < -0.3 is 5.11 Å². The van der Waals surface area contributed by atoms with Crippen LogP contribution < -0.4 is 4.90 Å². The minimum Gasteiger partial charge on any atom is -0.478 e. The number of carbonyl (C=O) groups excluding carboxylic acids is 2. The summed E-state index contributed by atoms with van der Waals surface area (Å²) in [5, 5.41) is 8.79. The summed E-state index contributed by atoms with van der Waals surface area (Å²) in [6, 6.07) is 8.48. The van der Waals surface area contributed by atoms with Crippen LogP contribution in [0.3, 0.4) is 0 Å². The summed E-state index contributed by atoms with van der Waals surface area (Å²) in [4.78, 5) is 41.7. The summed E-state index contributed by atoms with van der Waals surface area (Å²) >= 11 is 1.02. The van der Waals surface area contributed by atoms with Crippen molar-refractivity contribution in [3.63, 3.8) is 0 Å². The molecule has 1 saturated heterocycles. The van der Waals surface area contributed by atoms with Crippen molar-refractivity contribution in [1.82, 2.24) is 4.98 Å². The van der Waals surface area contributed by atoms with Gasteiger partial charge in [0.25, 0.3) is 0 Å². The molecule has 1 aliphatic rings. The Morgan fingerprint density at radius 2 is 2.04 bits per heavy atom. The van der Waals surface area contributed by atoms with Crippen molar-refractivity contribution in [1.29, 1.82) is 0 Å². The minimum atomic E-state index is -1.11. The van der Waals surface area contributed by atoms with Crippen molar-refractivity contribution < 1.29 is 19.5 Å². The molecule has 0 aliphatic carbocycles. The van der Waals surface area contributed by atoms with E-state index in [1.807, 2.05) is 26.0 Å². The van der Waals surface area contributed by atoms with E-state index in [1.165, 1.54) is 23.2 Å². The molecular formula is C18H16N2O4S. The first kappa shape index (κ1) is 17.2. The molecule has 2 aromatic rings. The predicted molar refractivity (Wildman–Crippen MR) is 93.9 cm³/mol. The molecule has 1 aromatic heterocycles. The molecule has 3 rings (SSSR count). The van der Waals surface area contributed by atoms with E-state index in [0.29, 0.717) is 5.69 Å². The second-order valence-corrected chi connectivity index (χ2v) is 7.02. The van der Waals surface area contributed by atoms with Crippen molar-refractivity contribution in [2.45, 2.75) is 30.5 Å². The molecule has 2 heterocycles. The molecule has 1 fully saturated rings. The highest BCUT2D eigenvalue weighted by molar-refractivity contribution is 8.00. The van der Waals surface area contributed by atoms with Gasteiger partial charge in [-0.3, -0.25) is 9.59 Å². The van der Waals surface area contributed by atoms with Gasteiger partial charge in [0.2, 0.25) is 11.8 Å². The summed E-state index contributed by atoms with van der Waals surface area (Å²) in [5.41, 5.74) is 2.49. The summed E-state index contributed by atoms with van der Waals surface area (Å²) in [5.74, 6) is -1.75. The van der Waals surface area contributed by atoms with Crippen molar-refractivity contribution in [3.8, 4) is 0 Å². The number of carboxylic acid groups (broad SMARTS) is 1. The Kier molecular flexibility index (Phi) is 4.59. The topological polar surface area (TPSA) is 87.6 Å². The molecule has 25 heavy (non-hydrogen) atoms. The number of imide groups is 1. The second kappa shape index (κ2) is 6.68. The Morgan fingerprint density at radius 3 is 2.72 bits per heavy atom. The number of aromatic nitrogens is 1. The lowest BCUT2D eigenvalue weighted by atomic mass is 10.1. The fourth-order valence-corrected chi connectivity index (χ4v) is 3.89. The molecule has 1 aromatic carbocycles. The van der Waals surface area contributed by atoms with Crippen LogP contribution in [-0.2, 0) is 9.59 Å². The van der Waals surface area contributed by atoms with Gasteiger partial charge in [-0.05, 0) is 37.6 Å². The minimum absolute atomic E-state index is 0.0203. The predicted octanol–water partition coefficient (Wildman–Crippen LogP) is 2.82. The molecular weight excluding hydrogens is 340 g/mol. The summed E-state index contributed by atoms with van der Waals surface area (Å²) in [7, 11) is 0. The largest absolute Gasteiger partial charge is 0.478 e. The number of hydrogen-bond acceptors (Lipinski definition) is 5. The zero-order valence-electron chi connectivity index (χ0n) is 13.7. The number of carbonyl (C=O) groups is 3. The van der Waals surface area contributed by atoms with Crippen molar-refractivity contribution in [3.05, 3.63) is 53.2 Å². The molecule has 1 N–H and O–H groups in total. The fraction of sp³-hybridized carbons (Fsp3) is 0.222. The lowest BCUT2D eigenvalue weighted by molar-refractivity contribution is -0.121. The summed E-state index contributed by atoms with van der Waals surface area (Å²) < 4.78 is 0. The first-order valence-corrected chi connectivity index (χ1v) is 8.55. The van der Waals surface area contributed by atoms with Gasteiger partial charge in [0.05, 0.1) is 16.5 Å². The first-order chi connectivity index (χ1) is 11.9. The lowest BCUT2D eigenvalue weighted by Crippen LogP contribution is -2.31. The molecule has 1 aliphatic heterocycles. The molecule has 1 atom stereocenters. The average molecular weight is 356 g/mol. The van der Waals surface area contributed by atoms with Gasteiger partial charge in [0.1, 0.15) is 5.03 Å². The number of anilines is 1. The van der Waals surface area contributed by atoms with Gasteiger partial charge in [-0.25, -0.2) is 14.7 Å². The average Bonchev–Trinajstić information content (AvgIpc) is 2.82. The van der Waals surface area contributed by atoms with Crippen LogP contribution in [0, 0.1) is 13.8 Å². The Bertz CT molecular complexity index is 881. The third-order valence-corrected chi connectivity index (χ3v) is 5.16. The molecule has 0 radical (unpaired) electrons. The van der Waals surface area contributed by atoms with Gasteiger partial charge in [0.15, 0.2) is 0 Å². The monoisotopic (exact) mass is 356 g/mol. The van der Waals surface area contributed by atoms with Crippen LogP contribution in [0.15, 0.2) is 41.6 Å². The Labute approximate surface area is 148 Å². The van der Waals surface area contributed by atoms with Crippen LogP contribution in [0.1, 0.15) is 27.9 Å². The molecule has 2 amide bonds. The lowest BCUT2D eigenvalue weighted by Gasteiger charge is -2.17. The number of aromatic carboxylic acids is 1. The molecule has 0 spiro atoms. The molecule has 7 heteroatoms. The number of rotatable bonds is 4. The number of hydrogen-bond donors (Lipinski definition) is 1. The van der Waals surface area contributed by atoms with E-state index in [0.717, 1.165) is 22.9 Å². The maximum absolute atomic E-state index is 12.7. The van der Waals surface area contributed by atoms with Crippen molar-refractivity contribution >= 4 is 35.2 Å². The van der Waals surface area contributed by atoms with E-state index in [-0.39, 0.29) is 28.8 Å². The van der Waals surface area contributed by atoms with Gasteiger partial charge in [-0.15, -0.1) is 0 Å². The molecule has 6 nitrogen and oxygen atoms in total.